The lowest BCUT2D eigenvalue weighted by Gasteiger charge is -2.35. The van der Waals surface area contributed by atoms with E-state index < -0.39 is 4.92 Å². The molecule has 2 saturated heterocycles. The number of rotatable bonds is 3. The number of nitrogens with zero attached hydrogens (tertiary/aromatic N) is 2. The normalized spacial score (nSPS) is 28.4. The third kappa shape index (κ3) is 2.29. The van der Waals surface area contributed by atoms with E-state index in [1.807, 2.05) is 0 Å². The van der Waals surface area contributed by atoms with Gasteiger partial charge in [-0.1, -0.05) is 0 Å². The van der Waals surface area contributed by atoms with Crippen LogP contribution in [0.2, 0.25) is 0 Å². The van der Waals surface area contributed by atoms with Crippen LogP contribution in [0.4, 0.5) is 5.82 Å². The topological polar surface area (TPSA) is 91.3 Å². The first-order chi connectivity index (χ1) is 9.54. The van der Waals surface area contributed by atoms with Gasteiger partial charge in [0.1, 0.15) is 0 Å². The Morgan fingerprint density at radius 3 is 2.55 bits per heavy atom. The Bertz CT molecular complexity index is 529. The molecule has 0 radical (unpaired) electrons. The van der Waals surface area contributed by atoms with Crippen molar-refractivity contribution < 1.29 is 9.72 Å². The lowest BCUT2D eigenvalue weighted by Crippen LogP contribution is -2.48. The van der Waals surface area contributed by atoms with Crippen molar-refractivity contribution in [3.8, 4) is 0 Å². The van der Waals surface area contributed by atoms with Crippen molar-refractivity contribution >= 4 is 11.7 Å². The fraction of sp³-hybridized carbons (Fsp3) is 0.615. The van der Waals surface area contributed by atoms with Gasteiger partial charge in [-0.2, -0.15) is 0 Å². The summed E-state index contributed by atoms with van der Waals surface area (Å²) in [6.07, 6.45) is 4.28. The summed E-state index contributed by atoms with van der Waals surface area (Å²) in [6, 6.07) is 4.03. The number of H-pyrrole nitrogens is 1. The van der Waals surface area contributed by atoms with Gasteiger partial charge in [-0.05, 0) is 36.7 Å². The minimum absolute atomic E-state index is 0.146. The number of hydrogen-bond donors (Lipinski definition) is 2. The molecule has 108 valence electrons. The van der Waals surface area contributed by atoms with Gasteiger partial charge in [0.05, 0.1) is 0 Å². The molecule has 7 nitrogen and oxygen atoms in total. The molecular formula is C13H18N4O3. The van der Waals surface area contributed by atoms with Gasteiger partial charge >= 0.3 is 5.82 Å². The van der Waals surface area contributed by atoms with Crippen LogP contribution in [0, 0.1) is 10.1 Å². The standard InChI is InChI=1S/C13H18N4O3/c1-16(10-6-8-2-3-9(7-10)14-8)13(18)11-4-5-12(15-11)17(19)20/h4-5,8-10,14-15H,2-3,6-7H2,1H3. The molecular weight excluding hydrogens is 260 g/mol. The zero-order chi connectivity index (χ0) is 14.3. The van der Waals surface area contributed by atoms with Crippen LogP contribution in [0.1, 0.15) is 36.2 Å². The van der Waals surface area contributed by atoms with Crippen LogP contribution in [0.3, 0.4) is 0 Å². The zero-order valence-corrected chi connectivity index (χ0v) is 11.3. The number of aromatic amines is 1. The Balaban J connectivity index is 1.71. The van der Waals surface area contributed by atoms with Gasteiger partial charge in [0.2, 0.25) is 0 Å². The van der Waals surface area contributed by atoms with Gasteiger partial charge in [0.25, 0.3) is 5.91 Å². The van der Waals surface area contributed by atoms with Crippen LogP contribution in [-0.2, 0) is 0 Å². The molecule has 7 heteroatoms. The quantitative estimate of drug-likeness (QED) is 0.643. The summed E-state index contributed by atoms with van der Waals surface area (Å²) in [5, 5.41) is 14.2. The lowest BCUT2D eigenvalue weighted by molar-refractivity contribution is -0.389. The highest BCUT2D eigenvalue weighted by molar-refractivity contribution is 5.93. The second kappa shape index (κ2) is 4.90. The summed E-state index contributed by atoms with van der Waals surface area (Å²) in [5.41, 5.74) is 0.282. The molecule has 20 heavy (non-hydrogen) atoms. The van der Waals surface area contributed by atoms with Gasteiger partial charge in [-0.3, -0.25) is 4.79 Å². The molecule has 2 atom stereocenters. The molecule has 3 heterocycles. The van der Waals surface area contributed by atoms with Crippen LogP contribution < -0.4 is 5.32 Å². The van der Waals surface area contributed by atoms with E-state index in [9.17, 15) is 14.9 Å². The van der Waals surface area contributed by atoms with Crippen molar-refractivity contribution in [1.29, 1.82) is 0 Å². The van der Waals surface area contributed by atoms with E-state index >= 15 is 0 Å². The van der Waals surface area contributed by atoms with Gasteiger partial charge in [0, 0.05) is 31.2 Å². The highest BCUT2D eigenvalue weighted by Crippen LogP contribution is 2.29. The summed E-state index contributed by atoms with van der Waals surface area (Å²) in [6.45, 7) is 0. The van der Waals surface area contributed by atoms with Crippen molar-refractivity contribution in [2.75, 3.05) is 7.05 Å². The van der Waals surface area contributed by atoms with Crippen molar-refractivity contribution in [3.05, 3.63) is 27.9 Å². The molecule has 0 aromatic carbocycles. The van der Waals surface area contributed by atoms with E-state index in [4.69, 9.17) is 0 Å². The first kappa shape index (κ1) is 13.1. The number of carbonyl (C=O) groups excluding carboxylic acids is 1. The molecule has 0 saturated carbocycles. The van der Waals surface area contributed by atoms with E-state index in [1.54, 1.807) is 11.9 Å². The molecule has 2 fully saturated rings. The Morgan fingerprint density at radius 2 is 2.00 bits per heavy atom. The second-order valence-corrected chi connectivity index (χ2v) is 5.69. The molecule has 2 N–H and O–H groups in total. The van der Waals surface area contributed by atoms with Crippen LogP contribution in [0.25, 0.3) is 0 Å². The first-order valence-electron chi connectivity index (χ1n) is 6.91. The Morgan fingerprint density at radius 1 is 1.35 bits per heavy atom. The number of hydrogen-bond acceptors (Lipinski definition) is 4. The average molecular weight is 278 g/mol. The molecule has 0 spiro atoms. The molecule has 2 unspecified atom stereocenters. The van der Waals surface area contributed by atoms with Crippen LogP contribution >= 0.6 is 0 Å². The summed E-state index contributed by atoms with van der Waals surface area (Å²) in [4.78, 5) is 26.8. The molecule has 0 aliphatic carbocycles. The van der Waals surface area contributed by atoms with Crippen molar-refractivity contribution in [3.63, 3.8) is 0 Å². The highest BCUT2D eigenvalue weighted by atomic mass is 16.6. The lowest BCUT2D eigenvalue weighted by atomic mass is 9.98. The van der Waals surface area contributed by atoms with Crippen LogP contribution in [0.5, 0.6) is 0 Å². The van der Waals surface area contributed by atoms with Gasteiger partial charge in [-0.25, -0.2) is 4.98 Å². The van der Waals surface area contributed by atoms with E-state index in [2.05, 4.69) is 10.3 Å². The number of piperidine rings is 1. The zero-order valence-electron chi connectivity index (χ0n) is 11.3. The van der Waals surface area contributed by atoms with Crippen LogP contribution in [0.15, 0.2) is 12.1 Å². The summed E-state index contributed by atoms with van der Waals surface area (Å²) >= 11 is 0. The maximum atomic E-state index is 12.4. The van der Waals surface area contributed by atoms with E-state index in [-0.39, 0.29) is 23.5 Å². The molecule has 1 aromatic heterocycles. The van der Waals surface area contributed by atoms with Crippen LogP contribution in [-0.4, -0.2) is 45.9 Å². The van der Waals surface area contributed by atoms with Crippen molar-refractivity contribution in [2.24, 2.45) is 0 Å². The number of aromatic nitrogens is 1. The third-order valence-electron chi connectivity index (χ3n) is 4.41. The molecule has 2 aliphatic heterocycles. The molecule has 2 bridgehead atoms. The highest BCUT2D eigenvalue weighted by Gasteiger charge is 2.37. The Hall–Kier alpha value is -1.89. The molecule has 3 rings (SSSR count). The number of nitrogens with one attached hydrogen (secondary N) is 2. The monoisotopic (exact) mass is 278 g/mol. The molecule has 2 aliphatic rings. The predicted octanol–water partition coefficient (Wildman–Crippen LogP) is 1.28. The Labute approximate surface area is 116 Å². The van der Waals surface area contributed by atoms with E-state index in [0.29, 0.717) is 12.1 Å². The van der Waals surface area contributed by atoms with Gasteiger partial charge < -0.3 is 20.3 Å². The minimum Gasteiger partial charge on any atom is -0.358 e. The number of carbonyl (C=O) groups is 1. The third-order valence-corrected chi connectivity index (χ3v) is 4.41. The van der Waals surface area contributed by atoms with E-state index in [1.165, 1.54) is 25.0 Å². The average Bonchev–Trinajstić information content (AvgIpc) is 3.04. The fourth-order valence-corrected chi connectivity index (χ4v) is 3.31. The second-order valence-electron chi connectivity index (χ2n) is 5.69. The largest absolute Gasteiger partial charge is 0.358 e. The predicted molar refractivity (Wildman–Crippen MR) is 72.5 cm³/mol. The van der Waals surface area contributed by atoms with Gasteiger partial charge in [-0.15, -0.1) is 0 Å². The number of fused-ring (bicyclic) bond motifs is 2. The molecule has 1 amide bonds. The molecule has 1 aromatic rings. The minimum atomic E-state index is -0.526. The smallest absolute Gasteiger partial charge is 0.321 e. The summed E-state index contributed by atoms with van der Waals surface area (Å²) in [5.74, 6) is -0.323. The summed E-state index contributed by atoms with van der Waals surface area (Å²) < 4.78 is 0. The SMILES string of the molecule is CN(C(=O)c1ccc([N+](=O)[O-])[nH]1)C1CC2CCC(C1)N2. The van der Waals surface area contributed by atoms with Crippen molar-refractivity contribution in [2.45, 2.75) is 43.8 Å². The summed E-state index contributed by atoms with van der Waals surface area (Å²) in [7, 11) is 1.78. The number of nitro groups is 1. The van der Waals surface area contributed by atoms with Gasteiger partial charge in [0.15, 0.2) is 5.69 Å². The fourth-order valence-electron chi connectivity index (χ4n) is 3.31. The maximum absolute atomic E-state index is 12.4. The van der Waals surface area contributed by atoms with E-state index in [0.717, 1.165) is 12.8 Å². The van der Waals surface area contributed by atoms with Crippen molar-refractivity contribution in [1.82, 2.24) is 15.2 Å². The first-order valence-corrected chi connectivity index (χ1v) is 6.91. The Kier molecular flexibility index (Phi) is 3.21. The maximum Gasteiger partial charge on any atom is 0.321 e. The number of amides is 1.